The highest BCUT2D eigenvalue weighted by atomic mass is 79.9. The largest absolute Gasteiger partial charge is 0.497 e. The quantitative estimate of drug-likeness (QED) is 0.806. The van der Waals surface area contributed by atoms with Gasteiger partial charge in [0.1, 0.15) is 5.75 Å². The number of carbonyl (C=O) groups excluding carboxylic acids is 2. The minimum atomic E-state index is -0.367. The number of methoxy groups -OCH3 is 1. The van der Waals surface area contributed by atoms with Gasteiger partial charge in [-0.25, -0.2) is 0 Å². The lowest BCUT2D eigenvalue weighted by Gasteiger charge is -2.09. The van der Waals surface area contributed by atoms with Crippen molar-refractivity contribution in [3.05, 3.63) is 63.6 Å². The van der Waals surface area contributed by atoms with Crippen LogP contribution in [0.2, 0.25) is 0 Å². The number of hydrazine groups is 1. The predicted molar refractivity (Wildman–Crippen MR) is 91.2 cm³/mol. The lowest BCUT2D eigenvalue weighted by molar-refractivity contribution is -0.121. The summed E-state index contributed by atoms with van der Waals surface area (Å²) in [5, 5.41) is 0. The molecule has 0 heterocycles. The van der Waals surface area contributed by atoms with Gasteiger partial charge in [0.2, 0.25) is 5.91 Å². The summed E-state index contributed by atoms with van der Waals surface area (Å²) in [7, 11) is 1.58. The van der Waals surface area contributed by atoms with Gasteiger partial charge in [0.05, 0.1) is 13.5 Å². The van der Waals surface area contributed by atoms with Gasteiger partial charge < -0.3 is 4.74 Å². The summed E-state index contributed by atoms with van der Waals surface area (Å²) in [6, 6.07) is 12.4. The van der Waals surface area contributed by atoms with Crippen LogP contribution < -0.4 is 15.6 Å². The van der Waals surface area contributed by atoms with Crippen molar-refractivity contribution in [2.24, 2.45) is 0 Å². The van der Waals surface area contributed by atoms with Crippen molar-refractivity contribution < 1.29 is 14.3 Å². The van der Waals surface area contributed by atoms with Crippen molar-refractivity contribution in [1.29, 1.82) is 0 Å². The summed E-state index contributed by atoms with van der Waals surface area (Å²) >= 11 is 3.37. The van der Waals surface area contributed by atoms with Crippen LogP contribution in [0.1, 0.15) is 21.5 Å². The van der Waals surface area contributed by atoms with E-state index in [4.69, 9.17) is 4.74 Å². The van der Waals surface area contributed by atoms with Crippen LogP contribution in [0.5, 0.6) is 5.75 Å². The van der Waals surface area contributed by atoms with Crippen molar-refractivity contribution in [3.8, 4) is 5.75 Å². The summed E-state index contributed by atoms with van der Waals surface area (Å²) in [6.45, 7) is 1.93. The Kier molecular flexibility index (Phi) is 5.76. The van der Waals surface area contributed by atoms with Crippen LogP contribution >= 0.6 is 15.9 Å². The predicted octanol–water partition coefficient (Wildman–Crippen LogP) is 2.77. The molecule has 0 saturated carbocycles. The van der Waals surface area contributed by atoms with Gasteiger partial charge >= 0.3 is 0 Å². The molecule has 0 aliphatic carbocycles. The van der Waals surface area contributed by atoms with E-state index in [1.165, 1.54) is 0 Å². The van der Waals surface area contributed by atoms with Crippen molar-refractivity contribution in [3.63, 3.8) is 0 Å². The fourth-order valence-corrected chi connectivity index (χ4v) is 2.28. The number of ether oxygens (including phenoxy) is 1. The molecule has 0 aliphatic rings. The van der Waals surface area contributed by atoms with E-state index < -0.39 is 0 Å². The van der Waals surface area contributed by atoms with Crippen molar-refractivity contribution >= 4 is 27.7 Å². The van der Waals surface area contributed by atoms with E-state index in [1.807, 2.05) is 13.0 Å². The number of hydrogen-bond donors (Lipinski definition) is 2. The highest BCUT2D eigenvalue weighted by Gasteiger charge is 2.09. The van der Waals surface area contributed by atoms with E-state index in [9.17, 15) is 9.59 Å². The maximum Gasteiger partial charge on any atom is 0.269 e. The number of aryl methyl sites for hydroxylation is 1. The molecule has 0 fully saturated rings. The average Bonchev–Trinajstić information content (AvgIpc) is 2.56. The summed E-state index contributed by atoms with van der Waals surface area (Å²) < 4.78 is 5.90. The molecule has 0 aliphatic heterocycles. The maximum absolute atomic E-state index is 12.0. The van der Waals surface area contributed by atoms with E-state index in [2.05, 4.69) is 26.8 Å². The van der Waals surface area contributed by atoms with Crippen LogP contribution in [0, 0.1) is 6.92 Å². The second-order valence-corrected chi connectivity index (χ2v) is 5.85. The molecule has 120 valence electrons. The number of hydrogen-bond acceptors (Lipinski definition) is 3. The first kappa shape index (κ1) is 17.0. The first-order chi connectivity index (χ1) is 11.0. The molecule has 6 heteroatoms. The molecular weight excluding hydrogens is 360 g/mol. The molecular formula is C17H17BrN2O3. The lowest BCUT2D eigenvalue weighted by Crippen LogP contribution is -2.42. The minimum Gasteiger partial charge on any atom is -0.497 e. The molecule has 0 bridgehead atoms. The zero-order chi connectivity index (χ0) is 16.8. The number of amides is 2. The fourth-order valence-electron chi connectivity index (χ4n) is 1.91. The highest BCUT2D eigenvalue weighted by Crippen LogP contribution is 2.17. The fraction of sp³-hybridized carbons (Fsp3) is 0.176. The Balaban J connectivity index is 1.87. The third-order valence-corrected chi connectivity index (χ3v) is 4.13. The van der Waals surface area contributed by atoms with Crippen LogP contribution in [0.25, 0.3) is 0 Å². The summed E-state index contributed by atoms with van der Waals surface area (Å²) in [5.74, 6) is 0.0656. The molecule has 2 aromatic rings. The van der Waals surface area contributed by atoms with Crippen LogP contribution in [-0.2, 0) is 11.2 Å². The highest BCUT2D eigenvalue weighted by molar-refractivity contribution is 9.10. The van der Waals surface area contributed by atoms with Gasteiger partial charge in [-0.2, -0.15) is 0 Å². The molecule has 2 aromatic carbocycles. The Hall–Kier alpha value is -2.34. The first-order valence-electron chi connectivity index (χ1n) is 6.98. The van der Waals surface area contributed by atoms with Gasteiger partial charge in [-0.15, -0.1) is 0 Å². The minimum absolute atomic E-state index is 0.169. The Labute approximate surface area is 143 Å². The van der Waals surface area contributed by atoms with Crippen LogP contribution in [0.15, 0.2) is 46.9 Å². The zero-order valence-electron chi connectivity index (χ0n) is 12.9. The van der Waals surface area contributed by atoms with E-state index >= 15 is 0 Å². The normalized spacial score (nSPS) is 10.0. The Morgan fingerprint density at radius 1 is 1.09 bits per heavy atom. The maximum atomic E-state index is 12.0. The van der Waals surface area contributed by atoms with E-state index in [0.717, 1.165) is 21.3 Å². The molecule has 0 spiro atoms. The lowest BCUT2D eigenvalue weighted by atomic mass is 10.1. The van der Waals surface area contributed by atoms with Gasteiger partial charge in [-0.3, -0.25) is 20.4 Å². The van der Waals surface area contributed by atoms with Gasteiger partial charge in [0.15, 0.2) is 0 Å². The monoisotopic (exact) mass is 376 g/mol. The Morgan fingerprint density at radius 3 is 2.39 bits per heavy atom. The molecule has 5 nitrogen and oxygen atoms in total. The molecule has 0 radical (unpaired) electrons. The third-order valence-electron chi connectivity index (χ3n) is 3.27. The average molecular weight is 377 g/mol. The molecule has 0 saturated heterocycles. The smallest absolute Gasteiger partial charge is 0.269 e. The van der Waals surface area contributed by atoms with Crippen LogP contribution in [-0.4, -0.2) is 18.9 Å². The van der Waals surface area contributed by atoms with Gasteiger partial charge in [-0.1, -0.05) is 34.1 Å². The van der Waals surface area contributed by atoms with Crippen molar-refractivity contribution in [1.82, 2.24) is 10.9 Å². The van der Waals surface area contributed by atoms with Crippen molar-refractivity contribution in [2.45, 2.75) is 13.3 Å². The summed E-state index contributed by atoms with van der Waals surface area (Å²) in [4.78, 5) is 23.8. The molecule has 23 heavy (non-hydrogen) atoms. The van der Waals surface area contributed by atoms with E-state index in [-0.39, 0.29) is 18.2 Å². The van der Waals surface area contributed by atoms with Gasteiger partial charge in [0.25, 0.3) is 5.91 Å². The SMILES string of the molecule is COc1ccc(CC(=O)NNC(=O)c2ccc(C)c(Br)c2)cc1. The molecule has 2 N–H and O–H groups in total. The third kappa shape index (κ3) is 4.82. The van der Waals surface area contributed by atoms with E-state index in [0.29, 0.717) is 5.56 Å². The first-order valence-corrected chi connectivity index (χ1v) is 7.77. The molecule has 0 aromatic heterocycles. The number of carbonyl (C=O) groups is 2. The van der Waals surface area contributed by atoms with Gasteiger partial charge in [0, 0.05) is 10.0 Å². The van der Waals surface area contributed by atoms with E-state index in [1.54, 1.807) is 43.5 Å². The van der Waals surface area contributed by atoms with Crippen molar-refractivity contribution in [2.75, 3.05) is 7.11 Å². The summed E-state index contributed by atoms with van der Waals surface area (Å²) in [5.41, 5.74) is 7.14. The standard InChI is InChI=1S/C17H17BrN2O3/c1-11-3-6-13(10-15(11)18)17(22)20-19-16(21)9-12-4-7-14(23-2)8-5-12/h3-8,10H,9H2,1-2H3,(H,19,21)(H,20,22). The van der Waals surface area contributed by atoms with Crippen LogP contribution in [0.4, 0.5) is 0 Å². The second-order valence-electron chi connectivity index (χ2n) is 4.99. The topological polar surface area (TPSA) is 67.4 Å². The van der Waals surface area contributed by atoms with Crippen LogP contribution in [0.3, 0.4) is 0 Å². The Morgan fingerprint density at radius 2 is 1.78 bits per heavy atom. The van der Waals surface area contributed by atoms with Gasteiger partial charge in [-0.05, 0) is 42.3 Å². The molecule has 0 unspecified atom stereocenters. The summed E-state index contributed by atoms with van der Waals surface area (Å²) in [6.07, 6.45) is 0.169. The number of nitrogens with one attached hydrogen (secondary N) is 2. The Bertz CT molecular complexity index is 714. The molecule has 0 atom stereocenters. The molecule has 2 rings (SSSR count). The second kappa shape index (κ2) is 7.78. The zero-order valence-corrected chi connectivity index (χ0v) is 14.4. The number of benzene rings is 2. The number of halogens is 1. The molecule has 2 amide bonds. The number of rotatable bonds is 4.